The Morgan fingerprint density at radius 2 is 2.50 bits per heavy atom. The minimum atomic E-state index is 0.429. The van der Waals surface area contributed by atoms with E-state index in [1.165, 1.54) is 0 Å². The lowest BCUT2D eigenvalue weighted by Gasteiger charge is -1.98. The molecule has 1 aliphatic rings. The minimum absolute atomic E-state index is 0.429. The molecule has 1 fully saturated rings. The molecule has 0 aromatic heterocycles. The van der Waals surface area contributed by atoms with Crippen LogP contribution in [0.15, 0.2) is 0 Å². The van der Waals surface area contributed by atoms with Crippen LogP contribution >= 0.6 is 0 Å². The highest BCUT2D eigenvalue weighted by atomic mass is 16.1. The van der Waals surface area contributed by atoms with Crippen LogP contribution < -0.4 is 0 Å². The molecule has 0 aliphatic heterocycles. The molecular formula is C7H11O. The van der Waals surface area contributed by atoms with Crippen molar-refractivity contribution in [2.75, 3.05) is 0 Å². The fourth-order valence-electron chi connectivity index (χ4n) is 1.14. The van der Waals surface area contributed by atoms with E-state index < -0.39 is 0 Å². The van der Waals surface area contributed by atoms with Crippen LogP contribution in [0.3, 0.4) is 0 Å². The average molecular weight is 111 g/mol. The van der Waals surface area contributed by atoms with Gasteiger partial charge in [0.05, 0.1) is 0 Å². The Bertz CT molecular complexity index is 96.6. The monoisotopic (exact) mass is 111 g/mol. The standard InChI is InChI=1S/C7H11O/c1-2-6-3-4-7(8)5-6/h6H,1-5H2. The number of rotatable bonds is 1. The molecule has 0 heterocycles. The Morgan fingerprint density at radius 1 is 1.75 bits per heavy atom. The van der Waals surface area contributed by atoms with E-state index in [2.05, 4.69) is 6.92 Å². The summed E-state index contributed by atoms with van der Waals surface area (Å²) < 4.78 is 0. The molecule has 0 aromatic carbocycles. The molecule has 45 valence electrons. The molecule has 1 rings (SSSR count). The molecule has 1 aliphatic carbocycles. The molecule has 0 N–H and O–H groups in total. The van der Waals surface area contributed by atoms with E-state index in [9.17, 15) is 4.79 Å². The van der Waals surface area contributed by atoms with E-state index >= 15 is 0 Å². The summed E-state index contributed by atoms with van der Waals surface area (Å²) in [5, 5.41) is 0. The van der Waals surface area contributed by atoms with E-state index in [0.717, 1.165) is 25.7 Å². The van der Waals surface area contributed by atoms with Gasteiger partial charge in [-0.15, -0.1) is 0 Å². The van der Waals surface area contributed by atoms with Crippen molar-refractivity contribution in [3.05, 3.63) is 6.92 Å². The predicted molar refractivity (Wildman–Crippen MR) is 32.3 cm³/mol. The summed E-state index contributed by atoms with van der Waals surface area (Å²) >= 11 is 0. The Kier molecular flexibility index (Phi) is 1.66. The number of carbonyl (C=O) groups is 1. The second-order valence-corrected chi connectivity index (χ2v) is 2.44. The highest BCUT2D eigenvalue weighted by Crippen LogP contribution is 2.23. The number of ketones is 1. The molecule has 8 heavy (non-hydrogen) atoms. The Labute approximate surface area is 50.1 Å². The van der Waals surface area contributed by atoms with Gasteiger partial charge in [0.1, 0.15) is 5.78 Å². The molecule has 1 saturated carbocycles. The van der Waals surface area contributed by atoms with Crippen LogP contribution in [0.2, 0.25) is 0 Å². The van der Waals surface area contributed by atoms with Crippen molar-refractivity contribution in [1.82, 2.24) is 0 Å². The van der Waals surface area contributed by atoms with Gasteiger partial charge in [-0.25, -0.2) is 0 Å². The number of hydrogen-bond donors (Lipinski definition) is 0. The Hall–Kier alpha value is -0.330. The fraction of sp³-hybridized carbons (Fsp3) is 0.714. The second kappa shape index (κ2) is 2.29. The SMILES string of the molecule is [CH2]CC1CCC(=O)C1. The average Bonchev–Trinajstić information content (AvgIpc) is 2.14. The van der Waals surface area contributed by atoms with Crippen molar-refractivity contribution in [2.45, 2.75) is 25.7 Å². The third-order valence-electron chi connectivity index (χ3n) is 1.76. The van der Waals surface area contributed by atoms with Gasteiger partial charge in [-0.1, -0.05) is 13.3 Å². The molecule has 0 amide bonds. The van der Waals surface area contributed by atoms with Gasteiger partial charge in [0, 0.05) is 12.8 Å². The third-order valence-corrected chi connectivity index (χ3v) is 1.76. The summed E-state index contributed by atoms with van der Waals surface area (Å²) in [6.45, 7) is 3.75. The normalized spacial score (nSPS) is 29.1. The van der Waals surface area contributed by atoms with Crippen molar-refractivity contribution in [3.8, 4) is 0 Å². The number of carbonyl (C=O) groups excluding carboxylic acids is 1. The number of Topliss-reactive ketones (excluding diaryl/α,β-unsaturated/α-hetero) is 1. The molecule has 0 bridgehead atoms. The highest BCUT2D eigenvalue weighted by Gasteiger charge is 2.19. The first-order chi connectivity index (χ1) is 3.83. The van der Waals surface area contributed by atoms with Gasteiger partial charge < -0.3 is 0 Å². The van der Waals surface area contributed by atoms with Crippen LogP contribution in [0, 0.1) is 12.8 Å². The molecule has 1 atom stereocenters. The number of hydrogen-bond acceptors (Lipinski definition) is 1. The van der Waals surface area contributed by atoms with Crippen molar-refractivity contribution in [2.24, 2.45) is 5.92 Å². The molecule has 1 unspecified atom stereocenters. The fourth-order valence-corrected chi connectivity index (χ4v) is 1.14. The second-order valence-electron chi connectivity index (χ2n) is 2.44. The zero-order valence-electron chi connectivity index (χ0n) is 5.02. The zero-order valence-corrected chi connectivity index (χ0v) is 5.02. The van der Waals surface area contributed by atoms with E-state index in [0.29, 0.717) is 11.7 Å². The maximum Gasteiger partial charge on any atom is 0.133 e. The van der Waals surface area contributed by atoms with Gasteiger partial charge in [0.15, 0.2) is 0 Å². The Morgan fingerprint density at radius 3 is 2.75 bits per heavy atom. The smallest absolute Gasteiger partial charge is 0.133 e. The summed E-state index contributed by atoms with van der Waals surface area (Å²) in [5.41, 5.74) is 0. The van der Waals surface area contributed by atoms with Gasteiger partial charge >= 0.3 is 0 Å². The lowest BCUT2D eigenvalue weighted by atomic mass is 10.1. The van der Waals surface area contributed by atoms with Crippen LogP contribution in [0.4, 0.5) is 0 Å². The van der Waals surface area contributed by atoms with E-state index in [-0.39, 0.29) is 0 Å². The summed E-state index contributed by atoms with van der Waals surface area (Å²) in [5.74, 6) is 1.04. The van der Waals surface area contributed by atoms with Crippen molar-refractivity contribution in [3.63, 3.8) is 0 Å². The van der Waals surface area contributed by atoms with Crippen molar-refractivity contribution in [1.29, 1.82) is 0 Å². The molecular weight excluding hydrogens is 100 g/mol. The highest BCUT2D eigenvalue weighted by molar-refractivity contribution is 5.80. The topological polar surface area (TPSA) is 17.1 Å². The van der Waals surface area contributed by atoms with Crippen molar-refractivity contribution >= 4 is 5.78 Å². The lowest BCUT2D eigenvalue weighted by Crippen LogP contribution is -1.91. The van der Waals surface area contributed by atoms with Crippen LogP contribution in [-0.4, -0.2) is 5.78 Å². The summed E-state index contributed by atoms with van der Waals surface area (Å²) in [7, 11) is 0. The molecule has 0 spiro atoms. The third kappa shape index (κ3) is 1.09. The first-order valence-corrected chi connectivity index (χ1v) is 3.14. The molecule has 0 aromatic rings. The van der Waals surface area contributed by atoms with Crippen LogP contribution in [0.1, 0.15) is 25.7 Å². The zero-order chi connectivity index (χ0) is 5.98. The van der Waals surface area contributed by atoms with Gasteiger partial charge in [-0.05, 0) is 12.3 Å². The molecule has 0 saturated heterocycles. The quantitative estimate of drug-likeness (QED) is 0.502. The maximum absolute atomic E-state index is 10.6. The van der Waals surface area contributed by atoms with Crippen molar-refractivity contribution < 1.29 is 4.79 Å². The van der Waals surface area contributed by atoms with Crippen LogP contribution in [0.5, 0.6) is 0 Å². The van der Waals surface area contributed by atoms with Gasteiger partial charge in [-0.3, -0.25) is 4.79 Å². The van der Waals surface area contributed by atoms with Gasteiger partial charge in [0.2, 0.25) is 0 Å². The Balaban J connectivity index is 2.32. The summed E-state index contributed by atoms with van der Waals surface area (Å²) in [6.07, 6.45) is 3.62. The van der Waals surface area contributed by atoms with Gasteiger partial charge in [0.25, 0.3) is 0 Å². The van der Waals surface area contributed by atoms with E-state index in [1.54, 1.807) is 0 Å². The summed E-state index contributed by atoms with van der Waals surface area (Å²) in [6, 6.07) is 0. The van der Waals surface area contributed by atoms with E-state index in [4.69, 9.17) is 0 Å². The minimum Gasteiger partial charge on any atom is -0.300 e. The van der Waals surface area contributed by atoms with Crippen LogP contribution in [0.25, 0.3) is 0 Å². The molecule has 1 nitrogen and oxygen atoms in total. The van der Waals surface area contributed by atoms with E-state index in [1.807, 2.05) is 0 Å². The van der Waals surface area contributed by atoms with Gasteiger partial charge in [-0.2, -0.15) is 0 Å². The molecule has 1 radical (unpaired) electrons. The lowest BCUT2D eigenvalue weighted by molar-refractivity contribution is -0.117. The maximum atomic E-state index is 10.6. The molecule has 1 heteroatoms. The first kappa shape index (κ1) is 5.80. The summed E-state index contributed by atoms with van der Waals surface area (Å²) in [4.78, 5) is 10.6. The largest absolute Gasteiger partial charge is 0.300 e. The first-order valence-electron chi connectivity index (χ1n) is 3.14. The van der Waals surface area contributed by atoms with Crippen LogP contribution in [-0.2, 0) is 4.79 Å². The predicted octanol–water partition coefficient (Wildman–Crippen LogP) is 1.58.